The molecule has 0 saturated carbocycles. The Morgan fingerprint density at radius 1 is 1.06 bits per heavy atom. The molecule has 18 heavy (non-hydrogen) atoms. The van der Waals surface area contributed by atoms with Gasteiger partial charge in [-0.3, -0.25) is 0 Å². The van der Waals surface area contributed by atoms with Crippen molar-refractivity contribution in [3.63, 3.8) is 0 Å². The van der Waals surface area contributed by atoms with Crippen LogP contribution in [0.1, 0.15) is 18.1 Å². The Bertz CT molecular complexity index is 523. The molecule has 0 aliphatic rings. The smallest absolute Gasteiger partial charge is 0.142 e. The van der Waals surface area contributed by atoms with Crippen molar-refractivity contribution < 1.29 is 9.13 Å². The van der Waals surface area contributed by atoms with E-state index in [9.17, 15) is 4.39 Å². The number of hydrogen-bond acceptors (Lipinski definition) is 2. The van der Waals surface area contributed by atoms with Gasteiger partial charge in [0.1, 0.15) is 18.2 Å². The van der Waals surface area contributed by atoms with Gasteiger partial charge < -0.3 is 10.5 Å². The fraction of sp³-hybridized carbons (Fsp3) is 0.200. The van der Waals surface area contributed by atoms with Gasteiger partial charge in [0.15, 0.2) is 0 Å². The zero-order valence-electron chi connectivity index (χ0n) is 10.3. The van der Waals surface area contributed by atoms with Gasteiger partial charge >= 0.3 is 0 Å². The van der Waals surface area contributed by atoms with Crippen LogP contribution in [-0.4, -0.2) is 0 Å². The topological polar surface area (TPSA) is 35.2 Å². The first kappa shape index (κ1) is 12.4. The molecule has 0 amide bonds. The van der Waals surface area contributed by atoms with Gasteiger partial charge in [-0.25, -0.2) is 4.39 Å². The van der Waals surface area contributed by atoms with Gasteiger partial charge in [0.2, 0.25) is 0 Å². The number of benzene rings is 2. The van der Waals surface area contributed by atoms with Gasteiger partial charge in [0, 0.05) is 6.07 Å². The number of nitrogen functional groups attached to an aromatic ring is 1. The lowest BCUT2D eigenvalue weighted by molar-refractivity contribution is 0.307. The van der Waals surface area contributed by atoms with E-state index in [1.54, 1.807) is 6.07 Å². The van der Waals surface area contributed by atoms with E-state index >= 15 is 0 Å². The summed E-state index contributed by atoms with van der Waals surface area (Å²) in [4.78, 5) is 0. The molecule has 0 atom stereocenters. The van der Waals surface area contributed by atoms with E-state index in [2.05, 4.69) is 19.1 Å². The molecule has 94 valence electrons. The predicted molar refractivity (Wildman–Crippen MR) is 71.0 cm³/mol. The SMILES string of the molecule is CCc1ccc(COc2ccc(F)cc2N)cc1. The molecule has 0 saturated heterocycles. The molecule has 0 aliphatic carbocycles. The molecule has 0 aliphatic heterocycles. The highest BCUT2D eigenvalue weighted by Crippen LogP contribution is 2.22. The highest BCUT2D eigenvalue weighted by atomic mass is 19.1. The van der Waals surface area contributed by atoms with E-state index in [-0.39, 0.29) is 5.82 Å². The maximum atomic E-state index is 12.9. The second-order valence-electron chi connectivity index (χ2n) is 4.14. The predicted octanol–water partition coefficient (Wildman–Crippen LogP) is 3.55. The maximum absolute atomic E-state index is 12.9. The number of rotatable bonds is 4. The lowest BCUT2D eigenvalue weighted by atomic mass is 10.1. The van der Waals surface area contributed by atoms with Crippen molar-refractivity contribution in [1.82, 2.24) is 0 Å². The van der Waals surface area contributed by atoms with Crippen LogP contribution in [0, 0.1) is 5.82 Å². The summed E-state index contributed by atoms with van der Waals surface area (Å²) in [7, 11) is 0. The van der Waals surface area contributed by atoms with Gasteiger partial charge in [0.25, 0.3) is 0 Å². The first-order valence-electron chi connectivity index (χ1n) is 5.94. The molecule has 0 aromatic heterocycles. The van der Waals surface area contributed by atoms with Crippen molar-refractivity contribution in [2.75, 3.05) is 5.73 Å². The van der Waals surface area contributed by atoms with Crippen molar-refractivity contribution in [2.45, 2.75) is 20.0 Å². The molecule has 0 spiro atoms. The normalized spacial score (nSPS) is 10.3. The number of aryl methyl sites for hydroxylation is 1. The van der Waals surface area contributed by atoms with Gasteiger partial charge in [-0.15, -0.1) is 0 Å². The van der Waals surface area contributed by atoms with Crippen molar-refractivity contribution >= 4 is 5.69 Å². The number of halogens is 1. The molecule has 0 bridgehead atoms. The molecule has 0 unspecified atom stereocenters. The molecular formula is C15H16FNO. The minimum absolute atomic E-state index is 0.320. The molecule has 3 heteroatoms. The molecule has 2 aromatic rings. The van der Waals surface area contributed by atoms with Crippen LogP contribution in [0.2, 0.25) is 0 Å². The Labute approximate surface area is 106 Å². The van der Waals surface area contributed by atoms with Crippen molar-refractivity contribution in [1.29, 1.82) is 0 Å². The van der Waals surface area contributed by atoms with Gasteiger partial charge in [-0.1, -0.05) is 31.2 Å². The molecule has 0 heterocycles. The highest BCUT2D eigenvalue weighted by Gasteiger charge is 2.02. The summed E-state index contributed by atoms with van der Waals surface area (Å²) >= 11 is 0. The quantitative estimate of drug-likeness (QED) is 0.836. The minimum Gasteiger partial charge on any atom is -0.487 e. The second kappa shape index (κ2) is 5.54. The Hall–Kier alpha value is -2.03. The van der Waals surface area contributed by atoms with E-state index in [1.165, 1.54) is 17.7 Å². The first-order valence-corrected chi connectivity index (χ1v) is 5.94. The van der Waals surface area contributed by atoms with E-state index in [0.29, 0.717) is 18.0 Å². The third-order valence-electron chi connectivity index (χ3n) is 2.80. The van der Waals surface area contributed by atoms with Gasteiger partial charge in [0.05, 0.1) is 5.69 Å². The minimum atomic E-state index is -0.354. The van der Waals surface area contributed by atoms with Gasteiger partial charge in [-0.05, 0) is 29.7 Å². The summed E-state index contributed by atoms with van der Waals surface area (Å²) in [6, 6.07) is 12.4. The van der Waals surface area contributed by atoms with Gasteiger partial charge in [-0.2, -0.15) is 0 Å². The standard InChI is InChI=1S/C15H16FNO/c1-2-11-3-5-12(6-4-11)10-18-15-8-7-13(16)9-14(15)17/h3-9H,2,10,17H2,1H3. The van der Waals surface area contributed by atoms with Crippen LogP contribution in [0.4, 0.5) is 10.1 Å². The Balaban J connectivity index is 2.02. The molecular weight excluding hydrogens is 229 g/mol. The Morgan fingerprint density at radius 3 is 2.33 bits per heavy atom. The van der Waals surface area contributed by atoms with Crippen LogP contribution in [0.15, 0.2) is 42.5 Å². The average Bonchev–Trinajstić information content (AvgIpc) is 2.38. The van der Waals surface area contributed by atoms with Crippen molar-refractivity contribution in [3.05, 3.63) is 59.4 Å². The third kappa shape index (κ3) is 3.00. The Morgan fingerprint density at radius 2 is 1.72 bits per heavy atom. The number of nitrogens with two attached hydrogens (primary N) is 1. The summed E-state index contributed by atoms with van der Waals surface area (Å²) in [5.74, 6) is 0.156. The first-order chi connectivity index (χ1) is 8.69. The molecule has 2 N–H and O–H groups in total. The monoisotopic (exact) mass is 245 g/mol. The van der Waals surface area contributed by atoms with Crippen LogP contribution in [0.3, 0.4) is 0 Å². The number of anilines is 1. The lowest BCUT2D eigenvalue weighted by Crippen LogP contribution is -1.99. The highest BCUT2D eigenvalue weighted by molar-refractivity contribution is 5.52. The Kier molecular flexibility index (Phi) is 3.82. The fourth-order valence-electron chi connectivity index (χ4n) is 1.68. The molecule has 2 aromatic carbocycles. The van der Waals surface area contributed by atoms with Crippen LogP contribution in [0.5, 0.6) is 5.75 Å². The molecule has 0 radical (unpaired) electrons. The van der Waals surface area contributed by atoms with E-state index in [1.807, 2.05) is 12.1 Å². The zero-order chi connectivity index (χ0) is 13.0. The maximum Gasteiger partial charge on any atom is 0.142 e. The fourth-order valence-corrected chi connectivity index (χ4v) is 1.68. The average molecular weight is 245 g/mol. The van der Waals surface area contributed by atoms with E-state index in [4.69, 9.17) is 10.5 Å². The summed E-state index contributed by atoms with van der Waals surface area (Å²) in [5.41, 5.74) is 8.34. The van der Waals surface area contributed by atoms with Crippen LogP contribution < -0.4 is 10.5 Å². The van der Waals surface area contributed by atoms with Crippen molar-refractivity contribution in [3.8, 4) is 5.75 Å². The largest absolute Gasteiger partial charge is 0.487 e. The summed E-state index contributed by atoms with van der Waals surface area (Å²) < 4.78 is 18.4. The van der Waals surface area contributed by atoms with E-state index in [0.717, 1.165) is 12.0 Å². The van der Waals surface area contributed by atoms with Crippen LogP contribution >= 0.6 is 0 Å². The van der Waals surface area contributed by atoms with Crippen LogP contribution in [-0.2, 0) is 13.0 Å². The summed E-state index contributed by atoms with van der Waals surface area (Å²) in [6.45, 7) is 2.55. The van der Waals surface area contributed by atoms with Crippen molar-refractivity contribution in [2.24, 2.45) is 0 Å². The zero-order valence-corrected chi connectivity index (χ0v) is 10.3. The molecule has 0 fully saturated rings. The molecule has 2 rings (SSSR count). The second-order valence-corrected chi connectivity index (χ2v) is 4.14. The third-order valence-corrected chi connectivity index (χ3v) is 2.80. The summed E-state index contributed by atoms with van der Waals surface area (Å²) in [6.07, 6.45) is 1.02. The van der Waals surface area contributed by atoms with Crippen LogP contribution in [0.25, 0.3) is 0 Å². The lowest BCUT2D eigenvalue weighted by Gasteiger charge is -2.09. The number of hydrogen-bond donors (Lipinski definition) is 1. The number of ether oxygens (including phenoxy) is 1. The van der Waals surface area contributed by atoms with E-state index < -0.39 is 0 Å². The summed E-state index contributed by atoms with van der Waals surface area (Å²) in [5, 5.41) is 0. The molecule has 2 nitrogen and oxygen atoms in total.